The molecule has 0 saturated carbocycles. The molecule has 0 aromatic carbocycles. The molecule has 4 aromatic rings. The third-order valence-corrected chi connectivity index (χ3v) is 6.06. The van der Waals surface area contributed by atoms with Gasteiger partial charge in [-0.3, -0.25) is 28.7 Å². The average Bonchev–Trinajstić information content (AvgIpc) is 2.84. The number of anilines is 1. The van der Waals surface area contributed by atoms with Crippen LogP contribution in [0.5, 0.6) is 0 Å². The van der Waals surface area contributed by atoms with Gasteiger partial charge in [0.05, 0.1) is 29.1 Å². The fraction of sp³-hybridized carbons (Fsp3) is 0.304. The van der Waals surface area contributed by atoms with Crippen molar-refractivity contribution < 1.29 is 0 Å². The second kappa shape index (κ2) is 8.33. The summed E-state index contributed by atoms with van der Waals surface area (Å²) in [5.74, 6) is 1.02. The zero-order valence-corrected chi connectivity index (χ0v) is 17.8. The molecule has 0 N–H and O–H groups in total. The monoisotopic (exact) mass is 429 g/mol. The minimum Gasteiger partial charge on any atom is -0.342 e. The van der Waals surface area contributed by atoms with Gasteiger partial charge in [0.2, 0.25) is 5.95 Å². The van der Waals surface area contributed by atoms with E-state index >= 15 is 0 Å². The van der Waals surface area contributed by atoms with E-state index in [1.165, 1.54) is 0 Å². The van der Waals surface area contributed by atoms with Crippen LogP contribution in [0.25, 0.3) is 22.2 Å². The Kier molecular flexibility index (Phi) is 5.22. The summed E-state index contributed by atoms with van der Waals surface area (Å²) in [6.45, 7) is 2.17. The van der Waals surface area contributed by atoms with Gasteiger partial charge in [-0.05, 0) is 37.0 Å². The number of aromatic nitrogens is 6. The molecule has 162 valence electrons. The highest BCUT2D eigenvalue weighted by Crippen LogP contribution is 2.23. The fourth-order valence-corrected chi connectivity index (χ4v) is 4.23. The summed E-state index contributed by atoms with van der Waals surface area (Å²) >= 11 is 0. The van der Waals surface area contributed by atoms with Crippen molar-refractivity contribution in [2.45, 2.75) is 19.4 Å². The van der Waals surface area contributed by atoms with Crippen molar-refractivity contribution in [3.05, 3.63) is 76.1 Å². The summed E-state index contributed by atoms with van der Waals surface area (Å²) in [4.78, 5) is 44.7. The van der Waals surface area contributed by atoms with Crippen LogP contribution in [0.2, 0.25) is 0 Å². The minimum absolute atomic E-state index is 0.0552. The largest absolute Gasteiger partial charge is 0.342 e. The highest BCUT2D eigenvalue weighted by atomic mass is 16.1. The summed E-state index contributed by atoms with van der Waals surface area (Å²) < 4.78 is 3.29. The molecule has 5 heterocycles. The Balaban J connectivity index is 1.29. The van der Waals surface area contributed by atoms with Crippen molar-refractivity contribution in [1.29, 1.82) is 0 Å². The number of fused-ring (bicyclic) bond motifs is 1. The number of hydrogen-bond acceptors (Lipinski definition) is 7. The van der Waals surface area contributed by atoms with E-state index in [1.807, 2.05) is 12.1 Å². The molecule has 9 heteroatoms. The lowest BCUT2D eigenvalue weighted by atomic mass is 9.97. The zero-order chi connectivity index (χ0) is 22.1. The number of rotatable bonds is 4. The Morgan fingerprint density at radius 3 is 2.53 bits per heavy atom. The van der Waals surface area contributed by atoms with Crippen LogP contribution < -0.4 is 16.0 Å². The fourth-order valence-electron chi connectivity index (χ4n) is 4.23. The Morgan fingerprint density at radius 1 is 1.03 bits per heavy atom. The molecular weight excluding hydrogens is 406 g/mol. The van der Waals surface area contributed by atoms with E-state index in [4.69, 9.17) is 0 Å². The van der Waals surface area contributed by atoms with Crippen LogP contribution in [0.4, 0.5) is 5.95 Å². The van der Waals surface area contributed by atoms with Gasteiger partial charge < -0.3 is 4.90 Å². The predicted octanol–water partition coefficient (Wildman–Crippen LogP) is 1.86. The SMILES string of the molecule is Cn1c(N2CCC(Cn3cnc(-c4ccncc4)cc3=O)CC2)nc2cnccc2c1=O. The summed E-state index contributed by atoms with van der Waals surface area (Å²) in [5.41, 5.74) is 2.02. The molecule has 1 aliphatic rings. The van der Waals surface area contributed by atoms with Gasteiger partial charge in [0.15, 0.2) is 0 Å². The van der Waals surface area contributed by atoms with Gasteiger partial charge in [0, 0.05) is 56.9 Å². The van der Waals surface area contributed by atoms with Crippen LogP contribution >= 0.6 is 0 Å². The molecule has 0 atom stereocenters. The first kappa shape index (κ1) is 20.0. The van der Waals surface area contributed by atoms with E-state index in [2.05, 4.69) is 24.8 Å². The summed E-state index contributed by atoms with van der Waals surface area (Å²) in [5, 5.41) is 0.572. The molecule has 0 amide bonds. The third kappa shape index (κ3) is 3.77. The molecule has 0 radical (unpaired) electrons. The molecule has 0 spiro atoms. The first-order valence-electron chi connectivity index (χ1n) is 10.6. The topological polar surface area (TPSA) is 98.8 Å². The highest BCUT2D eigenvalue weighted by molar-refractivity contribution is 5.77. The summed E-state index contributed by atoms with van der Waals surface area (Å²) in [7, 11) is 1.76. The van der Waals surface area contributed by atoms with E-state index in [1.54, 1.807) is 59.4 Å². The van der Waals surface area contributed by atoms with Crippen molar-refractivity contribution in [3.8, 4) is 11.3 Å². The number of hydrogen-bond donors (Lipinski definition) is 0. The Hall–Kier alpha value is -3.88. The third-order valence-electron chi connectivity index (χ3n) is 6.06. The van der Waals surface area contributed by atoms with Crippen molar-refractivity contribution in [3.63, 3.8) is 0 Å². The Labute approximate surface area is 184 Å². The normalized spacial score (nSPS) is 14.7. The van der Waals surface area contributed by atoms with Crippen LogP contribution in [-0.2, 0) is 13.6 Å². The van der Waals surface area contributed by atoms with Gasteiger partial charge in [0.25, 0.3) is 11.1 Å². The molecule has 1 saturated heterocycles. The standard InChI is InChI=1S/C23H23N7O2/c1-28-22(32)18-4-9-25-13-20(18)27-23(28)29-10-5-16(6-11-29)14-30-15-26-19(12-21(30)31)17-2-7-24-8-3-17/h2-4,7-9,12-13,15-16H,5-6,10-11,14H2,1H3. The van der Waals surface area contributed by atoms with Crippen molar-refractivity contribution in [2.75, 3.05) is 18.0 Å². The average molecular weight is 429 g/mol. The highest BCUT2D eigenvalue weighted by Gasteiger charge is 2.23. The van der Waals surface area contributed by atoms with E-state index < -0.39 is 0 Å². The summed E-state index contributed by atoms with van der Waals surface area (Å²) in [6.07, 6.45) is 10.0. The Morgan fingerprint density at radius 2 is 1.78 bits per heavy atom. The quantitative estimate of drug-likeness (QED) is 0.488. The molecular formula is C23H23N7O2. The first-order valence-corrected chi connectivity index (χ1v) is 10.6. The second-order valence-corrected chi connectivity index (χ2v) is 8.10. The molecule has 32 heavy (non-hydrogen) atoms. The molecule has 9 nitrogen and oxygen atoms in total. The number of nitrogens with zero attached hydrogens (tertiary/aromatic N) is 7. The van der Waals surface area contributed by atoms with E-state index in [-0.39, 0.29) is 11.1 Å². The first-order chi connectivity index (χ1) is 15.6. The van der Waals surface area contributed by atoms with Gasteiger partial charge in [-0.2, -0.15) is 0 Å². The van der Waals surface area contributed by atoms with E-state index in [0.717, 1.165) is 31.5 Å². The molecule has 1 aliphatic heterocycles. The van der Waals surface area contributed by atoms with Crippen molar-refractivity contribution in [1.82, 2.24) is 29.1 Å². The predicted molar refractivity (Wildman–Crippen MR) is 121 cm³/mol. The maximum Gasteiger partial charge on any atom is 0.262 e. The maximum atomic E-state index is 12.7. The van der Waals surface area contributed by atoms with Gasteiger partial charge in [0.1, 0.15) is 0 Å². The molecule has 5 rings (SSSR count). The van der Waals surface area contributed by atoms with Crippen LogP contribution in [0, 0.1) is 5.92 Å². The van der Waals surface area contributed by atoms with Crippen LogP contribution in [0.3, 0.4) is 0 Å². The van der Waals surface area contributed by atoms with Crippen LogP contribution in [0.15, 0.2) is 65.0 Å². The second-order valence-electron chi connectivity index (χ2n) is 8.10. The Bertz CT molecular complexity index is 1370. The van der Waals surface area contributed by atoms with Crippen molar-refractivity contribution in [2.24, 2.45) is 13.0 Å². The van der Waals surface area contributed by atoms with Gasteiger partial charge in [-0.25, -0.2) is 9.97 Å². The molecule has 1 fully saturated rings. The zero-order valence-electron chi connectivity index (χ0n) is 17.8. The molecule has 0 aliphatic carbocycles. The lowest BCUT2D eigenvalue weighted by Crippen LogP contribution is -2.39. The number of piperidine rings is 1. The van der Waals surface area contributed by atoms with E-state index in [0.29, 0.717) is 35.0 Å². The smallest absolute Gasteiger partial charge is 0.262 e. The van der Waals surface area contributed by atoms with Gasteiger partial charge in [-0.1, -0.05) is 0 Å². The maximum absolute atomic E-state index is 12.7. The van der Waals surface area contributed by atoms with Gasteiger partial charge >= 0.3 is 0 Å². The van der Waals surface area contributed by atoms with E-state index in [9.17, 15) is 9.59 Å². The molecule has 0 bridgehead atoms. The molecule has 0 unspecified atom stereocenters. The van der Waals surface area contributed by atoms with Crippen molar-refractivity contribution >= 4 is 16.9 Å². The van der Waals surface area contributed by atoms with Gasteiger partial charge in [-0.15, -0.1) is 0 Å². The summed E-state index contributed by atoms with van der Waals surface area (Å²) in [6, 6.07) is 6.96. The lowest BCUT2D eigenvalue weighted by Gasteiger charge is -2.33. The minimum atomic E-state index is -0.0681. The molecule has 4 aromatic heterocycles. The van der Waals surface area contributed by atoms with Crippen LogP contribution in [-0.4, -0.2) is 42.2 Å². The van der Waals surface area contributed by atoms with Crippen LogP contribution in [0.1, 0.15) is 12.8 Å². The number of pyridine rings is 2. The lowest BCUT2D eigenvalue weighted by molar-refractivity contribution is 0.348.